The summed E-state index contributed by atoms with van der Waals surface area (Å²) in [6, 6.07) is 12.4. The van der Waals surface area contributed by atoms with Crippen LogP contribution in [0.3, 0.4) is 0 Å². The Labute approximate surface area is 162 Å². The van der Waals surface area contributed by atoms with Gasteiger partial charge in [-0.25, -0.2) is 4.85 Å². The van der Waals surface area contributed by atoms with Crippen LogP contribution in [0.2, 0.25) is 0 Å². The van der Waals surface area contributed by atoms with E-state index in [2.05, 4.69) is 46.3 Å². The lowest BCUT2D eigenvalue weighted by molar-refractivity contribution is 0.385. The van der Waals surface area contributed by atoms with Crippen molar-refractivity contribution in [2.24, 2.45) is 5.41 Å². The van der Waals surface area contributed by atoms with Gasteiger partial charge >= 0.3 is 0 Å². The fraction of sp³-hybridized carbons (Fsp3) is 0.435. The standard InChI is InChI=1S/C23H27N3O/c1-17-7-8-18(21(15-17)27-3)16-25-19-5-4-6-20(22(19)24-2)26-13-11-23(9-10-23)12-14-26/h4-8,15,25H,9-14,16H2,1,3H3. The Bertz CT molecular complexity index is 870. The Morgan fingerprint density at radius 2 is 1.93 bits per heavy atom. The number of hydrogen-bond acceptors (Lipinski definition) is 3. The van der Waals surface area contributed by atoms with Crippen molar-refractivity contribution in [1.29, 1.82) is 0 Å². The van der Waals surface area contributed by atoms with Crippen LogP contribution in [0, 0.1) is 18.9 Å². The molecule has 0 aromatic heterocycles. The molecule has 1 spiro atoms. The lowest BCUT2D eigenvalue weighted by Gasteiger charge is -2.35. The molecular weight excluding hydrogens is 334 g/mol. The summed E-state index contributed by atoms with van der Waals surface area (Å²) >= 11 is 0. The number of para-hydroxylation sites is 1. The van der Waals surface area contributed by atoms with Crippen LogP contribution >= 0.6 is 0 Å². The summed E-state index contributed by atoms with van der Waals surface area (Å²) in [6.07, 6.45) is 5.33. The molecule has 1 saturated heterocycles. The lowest BCUT2D eigenvalue weighted by atomic mass is 9.93. The minimum absolute atomic E-state index is 0.637. The van der Waals surface area contributed by atoms with Gasteiger partial charge in [-0.05, 0) is 61.8 Å². The van der Waals surface area contributed by atoms with Crippen LogP contribution in [-0.4, -0.2) is 20.2 Å². The van der Waals surface area contributed by atoms with Gasteiger partial charge in [0.25, 0.3) is 0 Å². The number of nitrogens with zero attached hydrogens (tertiary/aromatic N) is 2. The highest BCUT2D eigenvalue weighted by Gasteiger charge is 2.44. The minimum atomic E-state index is 0.637. The van der Waals surface area contributed by atoms with E-state index in [1.807, 2.05) is 12.1 Å². The molecule has 4 nitrogen and oxygen atoms in total. The molecule has 2 fully saturated rings. The van der Waals surface area contributed by atoms with E-state index in [0.29, 0.717) is 12.0 Å². The summed E-state index contributed by atoms with van der Waals surface area (Å²) in [7, 11) is 1.70. The van der Waals surface area contributed by atoms with E-state index in [4.69, 9.17) is 11.3 Å². The topological polar surface area (TPSA) is 28.9 Å². The highest BCUT2D eigenvalue weighted by atomic mass is 16.5. The Balaban J connectivity index is 1.52. The second kappa shape index (κ2) is 7.15. The van der Waals surface area contributed by atoms with Gasteiger partial charge in [0.2, 0.25) is 5.69 Å². The first kappa shape index (κ1) is 17.7. The average Bonchev–Trinajstić information content (AvgIpc) is 3.46. The zero-order valence-electron chi connectivity index (χ0n) is 16.2. The van der Waals surface area contributed by atoms with Crippen LogP contribution < -0.4 is 15.0 Å². The maximum atomic E-state index is 7.76. The monoisotopic (exact) mass is 361 g/mol. The second-order valence-corrected chi connectivity index (χ2v) is 7.94. The van der Waals surface area contributed by atoms with Crippen LogP contribution in [0.4, 0.5) is 17.1 Å². The largest absolute Gasteiger partial charge is 0.496 e. The summed E-state index contributed by atoms with van der Waals surface area (Å²) in [4.78, 5) is 6.28. The molecule has 4 heteroatoms. The van der Waals surface area contributed by atoms with Crippen molar-refractivity contribution in [2.45, 2.75) is 39.2 Å². The molecule has 1 saturated carbocycles. The van der Waals surface area contributed by atoms with Gasteiger partial charge in [0.05, 0.1) is 13.7 Å². The third kappa shape index (κ3) is 3.60. The molecule has 1 aliphatic carbocycles. The quantitative estimate of drug-likeness (QED) is 0.708. The zero-order chi connectivity index (χ0) is 18.9. The predicted molar refractivity (Wildman–Crippen MR) is 111 cm³/mol. The molecule has 2 aromatic rings. The van der Waals surface area contributed by atoms with Crippen molar-refractivity contribution in [3.8, 4) is 5.75 Å². The van der Waals surface area contributed by atoms with Crippen molar-refractivity contribution in [3.05, 3.63) is 58.9 Å². The fourth-order valence-electron chi connectivity index (χ4n) is 4.13. The van der Waals surface area contributed by atoms with Gasteiger partial charge in [0, 0.05) is 36.6 Å². The molecule has 0 unspecified atom stereocenters. The Kier molecular flexibility index (Phi) is 4.70. The van der Waals surface area contributed by atoms with Crippen molar-refractivity contribution >= 4 is 17.1 Å². The molecule has 0 atom stereocenters. The van der Waals surface area contributed by atoms with Gasteiger partial charge in [0.15, 0.2) is 0 Å². The molecule has 0 bridgehead atoms. The summed E-state index contributed by atoms with van der Waals surface area (Å²) in [5.41, 5.74) is 5.62. The number of piperidine rings is 1. The summed E-state index contributed by atoms with van der Waals surface area (Å²) in [6.45, 7) is 12.6. The molecule has 0 radical (unpaired) electrons. The van der Waals surface area contributed by atoms with E-state index in [-0.39, 0.29) is 0 Å². The first-order valence-electron chi connectivity index (χ1n) is 9.77. The van der Waals surface area contributed by atoms with E-state index >= 15 is 0 Å². The van der Waals surface area contributed by atoms with Crippen LogP contribution in [0.15, 0.2) is 36.4 Å². The van der Waals surface area contributed by atoms with Crippen LogP contribution in [0.1, 0.15) is 36.8 Å². The molecule has 1 aliphatic heterocycles. The van der Waals surface area contributed by atoms with E-state index in [1.165, 1.54) is 31.2 Å². The fourth-order valence-corrected chi connectivity index (χ4v) is 4.13. The van der Waals surface area contributed by atoms with E-state index < -0.39 is 0 Å². The maximum Gasteiger partial charge on any atom is 0.231 e. The summed E-state index contributed by atoms with van der Waals surface area (Å²) in [5, 5.41) is 3.46. The van der Waals surface area contributed by atoms with Gasteiger partial charge in [-0.3, -0.25) is 0 Å². The summed E-state index contributed by atoms with van der Waals surface area (Å²) in [5.74, 6) is 0.883. The summed E-state index contributed by atoms with van der Waals surface area (Å²) < 4.78 is 5.51. The van der Waals surface area contributed by atoms with E-state index in [1.54, 1.807) is 7.11 Å². The molecule has 0 amide bonds. The number of nitrogens with one attached hydrogen (secondary N) is 1. The number of rotatable bonds is 5. The SMILES string of the molecule is [C-]#[N+]c1c(NCc2ccc(C)cc2OC)cccc1N1CCC2(CC1)CC2. The number of ether oxygens (including phenoxy) is 1. The first-order chi connectivity index (χ1) is 13.1. The van der Waals surface area contributed by atoms with Gasteiger partial charge < -0.3 is 15.0 Å². The predicted octanol–water partition coefficient (Wildman–Crippen LogP) is 5.55. The van der Waals surface area contributed by atoms with Crippen LogP contribution in [-0.2, 0) is 6.54 Å². The molecule has 2 aromatic carbocycles. The number of benzene rings is 2. The first-order valence-corrected chi connectivity index (χ1v) is 9.77. The highest BCUT2D eigenvalue weighted by Crippen LogP contribution is 2.54. The molecule has 1 N–H and O–H groups in total. The number of hydrogen-bond donors (Lipinski definition) is 1. The number of methoxy groups -OCH3 is 1. The third-order valence-corrected chi connectivity index (χ3v) is 6.16. The van der Waals surface area contributed by atoms with Crippen molar-refractivity contribution < 1.29 is 4.74 Å². The normalized spacial score (nSPS) is 17.4. The lowest BCUT2D eigenvalue weighted by Crippen LogP contribution is -2.34. The van der Waals surface area contributed by atoms with Crippen LogP contribution in [0.25, 0.3) is 4.85 Å². The number of anilines is 2. The Hall–Kier alpha value is -2.67. The molecule has 4 rings (SSSR count). The average molecular weight is 361 g/mol. The molecule has 27 heavy (non-hydrogen) atoms. The van der Waals surface area contributed by atoms with Gasteiger partial charge in [-0.2, -0.15) is 0 Å². The molecule has 2 aliphatic rings. The minimum Gasteiger partial charge on any atom is -0.496 e. The molecular formula is C23H27N3O. The third-order valence-electron chi connectivity index (χ3n) is 6.16. The van der Waals surface area contributed by atoms with E-state index in [0.717, 1.165) is 41.5 Å². The maximum absolute atomic E-state index is 7.76. The second-order valence-electron chi connectivity index (χ2n) is 7.94. The van der Waals surface area contributed by atoms with Gasteiger partial charge in [0.1, 0.15) is 5.75 Å². The molecule has 1 heterocycles. The van der Waals surface area contributed by atoms with Gasteiger partial charge in [-0.1, -0.05) is 18.2 Å². The van der Waals surface area contributed by atoms with Crippen molar-refractivity contribution in [1.82, 2.24) is 0 Å². The highest BCUT2D eigenvalue weighted by molar-refractivity contribution is 5.84. The van der Waals surface area contributed by atoms with Gasteiger partial charge in [-0.15, -0.1) is 0 Å². The van der Waals surface area contributed by atoms with Crippen LogP contribution in [0.5, 0.6) is 5.75 Å². The smallest absolute Gasteiger partial charge is 0.231 e. The van der Waals surface area contributed by atoms with Crippen molar-refractivity contribution in [2.75, 3.05) is 30.4 Å². The van der Waals surface area contributed by atoms with Crippen molar-refractivity contribution in [3.63, 3.8) is 0 Å². The Morgan fingerprint density at radius 1 is 1.15 bits per heavy atom. The Morgan fingerprint density at radius 3 is 2.59 bits per heavy atom. The molecule has 140 valence electrons. The zero-order valence-corrected chi connectivity index (χ0v) is 16.2. The van der Waals surface area contributed by atoms with E-state index in [9.17, 15) is 0 Å². The number of aryl methyl sites for hydroxylation is 1.